The van der Waals surface area contributed by atoms with E-state index in [0.717, 1.165) is 32.5 Å². The molecule has 0 aliphatic heterocycles. The van der Waals surface area contributed by atoms with Gasteiger partial charge in [0, 0.05) is 27.7 Å². The van der Waals surface area contributed by atoms with Crippen LogP contribution >= 0.6 is 27.7 Å². The van der Waals surface area contributed by atoms with Crippen LogP contribution in [0.3, 0.4) is 0 Å². The first-order chi connectivity index (χ1) is 16.1. The van der Waals surface area contributed by atoms with Crippen LogP contribution in [0.4, 0.5) is 5.69 Å². The minimum Gasteiger partial charge on any atom is -0.431 e. The predicted molar refractivity (Wildman–Crippen MR) is 131 cm³/mol. The Morgan fingerprint density at radius 3 is 2.61 bits per heavy atom. The quantitative estimate of drug-likeness (QED) is 0.274. The Bertz CT molecular complexity index is 1360. The fourth-order valence-electron chi connectivity index (χ4n) is 3.22. The lowest BCUT2D eigenvalue weighted by Crippen LogP contribution is -2.12. The van der Waals surface area contributed by atoms with Crippen LogP contribution < -0.4 is 5.32 Å². The fourth-order valence-corrected chi connectivity index (χ4v) is 4.20. The van der Waals surface area contributed by atoms with Crippen LogP contribution in [0.15, 0.2) is 93.1 Å². The molecule has 0 saturated heterocycles. The third-order valence-electron chi connectivity index (χ3n) is 4.87. The van der Waals surface area contributed by atoms with Gasteiger partial charge in [-0.1, -0.05) is 57.2 Å². The molecule has 0 fully saturated rings. The summed E-state index contributed by atoms with van der Waals surface area (Å²) >= 11 is 4.87. The summed E-state index contributed by atoms with van der Waals surface area (Å²) in [7, 11) is 0. The number of nitrogens with zero attached hydrogens (tertiary/aromatic N) is 4. The van der Waals surface area contributed by atoms with Gasteiger partial charge < -0.3 is 9.73 Å². The fraction of sp³-hybridized carbons (Fsp3) is 0.0833. The number of carbonyl (C=O) groups excluding carboxylic acids is 1. The molecule has 0 spiro atoms. The number of carbonyl (C=O) groups is 1. The maximum absolute atomic E-state index is 12.5. The average Bonchev–Trinajstić information content (AvgIpc) is 3.46. The molecule has 33 heavy (non-hydrogen) atoms. The first-order valence-electron chi connectivity index (χ1n) is 10.2. The van der Waals surface area contributed by atoms with Crippen molar-refractivity contribution in [3.05, 3.63) is 100 Å². The number of halogens is 1. The summed E-state index contributed by atoms with van der Waals surface area (Å²) in [5.41, 5.74) is 4.83. The van der Waals surface area contributed by atoms with Crippen LogP contribution in [0.5, 0.6) is 0 Å². The number of rotatable bonds is 7. The Kier molecular flexibility index (Phi) is 6.23. The van der Waals surface area contributed by atoms with E-state index in [1.165, 1.54) is 11.8 Å². The minimum absolute atomic E-state index is 0.150. The van der Waals surface area contributed by atoms with E-state index in [1.807, 2.05) is 79.0 Å². The first-order valence-corrected chi connectivity index (χ1v) is 11.9. The van der Waals surface area contributed by atoms with Crippen molar-refractivity contribution < 1.29 is 9.21 Å². The van der Waals surface area contributed by atoms with Gasteiger partial charge in [-0.3, -0.25) is 4.79 Å². The van der Waals surface area contributed by atoms with Gasteiger partial charge in [0.05, 0.1) is 12.2 Å². The molecule has 2 heterocycles. The van der Waals surface area contributed by atoms with Crippen LogP contribution in [-0.2, 0) is 12.3 Å². The molecule has 2 aromatic heterocycles. The highest BCUT2D eigenvalue weighted by molar-refractivity contribution is 9.10. The van der Waals surface area contributed by atoms with E-state index in [2.05, 4.69) is 36.5 Å². The van der Waals surface area contributed by atoms with E-state index < -0.39 is 0 Å². The molecule has 7 nitrogen and oxygen atoms in total. The van der Waals surface area contributed by atoms with Gasteiger partial charge in [0.2, 0.25) is 0 Å². The van der Waals surface area contributed by atoms with Crippen molar-refractivity contribution in [2.75, 3.05) is 5.32 Å². The third kappa shape index (κ3) is 5.32. The summed E-state index contributed by atoms with van der Waals surface area (Å²) in [6.07, 6.45) is 1.91. The topological polar surface area (TPSA) is 85.8 Å². The molecule has 0 aliphatic carbocycles. The van der Waals surface area contributed by atoms with E-state index >= 15 is 0 Å². The van der Waals surface area contributed by atoms with E-state index in [9.17, 15) is 4.79 Å². The lowest BCUT2D eigenvalue weighted by molar-refractivity contribution is 0.102. The van der Waals surface area contributed by atoms with Crippen molar-refractivity contribution >= 4 is 50.4 Å². The second kappa shape index (κ2) is 9.60. The number of oxazole rings is 1. The zero-order valence-electron chi connectivity index (χ0n) is 17.3. The normalized spacial score (nSPS) is 11.1. The highest BCUT2D eigenvalue weighted by Crippen LogP contribution is 2.25. The summed E-state index contributed by atoms with van der Waals surface area (Å²) in [6.45, 7) is 0.565. The summed E-state index contributed by atoms with van der Waals surface area (Å²) in [5, 5.41) is 11.9. The highest BCUT2D eigenvalue weighted by Gasteiger charge is 2.09. The van der Waals surface area contributed by atoms with Crippen LogP contribution in [0.25, 0.3) is 11.1 Å². The molecule has 0 aliphatic rings. The zero-order chi connectivity index (χ0) is 22.6. The Morgan fingerprint density at radius 2 is 1.82 bits per heavy atom. The van der Waals surface area contributed by atoms with E-state index in [-0.39, 0.29) is 5.91 Å². The molecule has 0 atom stereocenters. The monoisotopic (exact) mass is 519 g/mol. The van der Waals surface area contributed by atoms with Crippen molar-refractivity contribution in [2.45, 2.75) is 17.5 Å². The molecule has 0 unspecified atom stereocenters. The van der Waals surface area contributed by atoms with E-state index in [1.54, 1.807) is 4.68 Å². The first kappa shape index (κ1) is 21.4. The summed E-state index contributed by atoms with van der Waals surface area (Å²) < 4.78 is 8.47. The Morgan fingerprint density at radius 1 is 1.03 bits per heavy atom. The second-order valence-electron chi connectivity index (χ2n) is 7.30. The molecule has 1 N–H and O–H groups in total. The number of thioether (sulfide) groups is 1. The Labute approximate surface area is 202 Å². The number of anilines is 1. The molecule has 0 saturated carbocycles. The van der Waals surface area contributed by atoms with Gasteiger partial charge in [0.15, 0.2) is 5.58 Å². The van der Waals surface area contributed by atoms with Crippen molar-refractivity contribution in [3.63, 3.8) is 0 Å². The van der Waals surface area contributed by atoms with Crippen LogP contribution in [0, 0.1) is 0 Å². The van der Waals surface area contributed by atoms with Crippen molar-refractivity contribution in [1.82, 2.24) is 20.0 Å². The maximum atomic E-state index is 12.5. The highest BCUT2D eigenvalue weighted by atomic mass is 79.9. The standard InChI is InChI=1S/C24H18BrN5O2S/c25-18-9-11-19(12-10-18)26-23(31)17-7-5-16(6-8-17)13-30-14-20(28-29-30)15-33-24-27-21-3-1-2-4-22(21)32-24/h1-12,14H,13,15H2,(H,26,31). The van der Waals surface area contributed by atoms with Gasteiger partial charge in [0.25, 0.3) is 11.1 Å². The summed E-state index contributed by atoms with van der Waals surface area (Å²) in [6, 6.07) is 22.6. The van der Waals surface area contributed by atoms with Crippen molar-refractivity contribution in [1.29, 1.82) is 0 Å². The lowest BCUT2D eigenvalue weighted by atomic mass is 10.1. The second-order valence-corrected chi connectivity index (χ2v) is 9.14. The molecule has 5 aromatic rings. The number of nitrogens with one attached hydrogen (secondary N) is 1. The van der Waals surface area contributed by atoms with Crippen LogP contribution in [-0.4, -0.2) is 25.9 Å². The maximum Gasteiger partial charge on any atom is 0.257 e. The molecular formula is C24H18BrN5O2S. The third-order valence-corrected chi connectivity index (χ3v) is 6.26. The SMILES string of the molecule is O=C(Nc1ccc(Br)cc1)c1ccc(Cn2cc(CSc3nc4ccccc4o3)nn2)cc1. The molecule has 0 bridgehead atoms. The van der Waals surface area contributed by atoms with E-state index in [0.29, 0.717) is 23.1 Å². The smallest absolute Gasteiger partial charge is 0.257 e. The molecule has 5 rings (SSSR count). The summed E-state index contributed by atoms with van der Waals surface area (Å²) in [5.74, 6) is 0.463. The van der Waals surface area contributed by atoms with Gasteiger partial charge in [-0.05, 0) is 54.1 Å². The number of hydrogen-bond acceptors (Lipinski definition) is 6. The van der Waals surface area contributed by atoms with Gasteiger partial charge in [-0.15, -0.1) is 5.10 Å². The lowest BCUT2D eigenvalue weighted by Gasteiger charge is -2.06. The Hall–Kier alpha value is -3.43. The van der Waals surface area contributed by atoms with Crippen molar-refractivity contribution in [3.8, 4) is 0 Å². The van der Waals surface area contributed by atoms with Gasteiger partial charge in [-0.25, -0.2) is 9.67 Å². The molecule has 3 aromatic carbocycles. The average molecular weight is 520 g/mol. The molecule has 164 valence electrons. The van der Waals surface area contributed by atoms with Gasteiger partial charge in [-0.2, -0.15) is 0 Å². The van der Waals surface area contributed by atoms with Crippen molar-refractivity contribution in [2.24, 2.45) is 0 Å². The minimum atomic E-state index is -0.150. The number of para-hydroxylation sites is 2. The molecule has 1 amide bonds. The molecule has 9 heteroatoms. The number of hydrogen-bond donors (Lipinski definition) is 1. The van der Waals surface area contributed by atoms with E-state index in [4.69, 9.17) is 4.42 Å². The van der Waals surface area contributed by atoms with Gasteiger partial charge in [0.1, 0.15) is 5.52 Å². The Balaban J connectivity index is 1.17. The predicted octanol–water partition coefficient (Wildman–Crippen LogP) is 5.77. The number of amides is 1. The van der Waals surface area contributed by atoms with Crippen LogP contribution in [0.2, 0.25) is 0 Å². The van der Waals surface area contributed by atoms with Gasteiger partial charge >= 0.3 is 0 Å². The molecular weight excluding hydrogens is 502 g/mol. The number of benzene rings is 3. The zero-order valence-corrected chi connectivity index (χ0v) is 19.7. The van der Waals surface area contributed by atoms with Crippen LogP contribution in [0.1, 0.15) is 21.6 Å². The number of fused-ring (bicyclic) bond motifs is 1. The number of aromatic nitrogens is 4. The molecule has 0 radical (unpaired) electrons. The summed E-state index contributed by atoms with van der Waals surface area (Å²) in [4.78, 5) is 16.9. The largest absolute Gasteiger partial charge is 0.431 e.